The van der Waals surface area contributed by atoms with E-state index in [0.29, 0.717) is 0 Å². The summed E-state index contributed by atoms with van der Waals surface area (Å²) < 4.78 is 0. The van der Waals surface area contributed by atoms with Gasteiger partial charge in [0.1, 0.15) is 0 Å². The molecular weight excluding hydrogens is 268 g/mol. The molecule has 0 aromatic heterocycles. The molecule has 1 aromatic carbocycles. The Hall–Kier alpha value is -2.77. The Bertz CT molecular complexity index is 639. The van der Waals surface area contributed by atoms with E-state index in [0.717, 1.165) is 23.1 Å². The van der Waals surface area contributed by atoms with Gasteiger partial charge in [0.05, 0.1) is 16.2 Å². The van der Waals surface area contributed by atoms with Crippen molar-refractivity contribution in [3.8, 4) is 0 Å². The van der Waals surface area contributed by atoms with Crippen LogP contribution in [0, 0.1) is 16.0 Å². The molecule has 1 aromatic rings. The van der Waals surface area contributed by atoms with Gasteiger partial charge in [-0.25, -0.2) is 9.69 Å². The zero-order valence-corrected chi connectivity index (χ0v) is 10.4. The van der Waals surface area contributed by atoms with Crippen LogP contribution in [-0.4, -0.2) is 27.8 Å². The van der Waals surface area contributed by atoms with E-state index in [-0.39, 0.29) is 12.1 Å². The third-order valence-corrected chi connectivity index (χ3v) is 3.03. The number of non-ortho nitro benzene ring substituents is 1. The Morgan fingerprint density at radius 2 is 2.10 bits per heavy atom. The molecule has 0 spiro atoms. The normalized spacial score (nSPS) is 18.4. The zero-order valence-electron chi connectivity index (χ0n) is 10.4. The minimum Gasteiger partial charge on any atom is -0.478 e. The van der Waals surface area contributed by atoms with Gasteiger partial charge < -0.3 is 5.11 Å². The lowest BCUT2D eigenvalue weighted by Gasteiger charge is -2.16. The highest BCUT2D eigenvalue weighted by Crippen LogP contribution is 2.31. The van der Waals surface area contributed by atoms with Gasteiger partial charge in [-0.1, -0.05) is 6.92 Å². The zero-order chi connectivity index (χ0) is 15.0. The summed E-state index contributed by atoms with van der Waals surface area (Å²) in [5, 5.41) is 19.8. The first-order valence-corrected chi connectivity index (χ1v) is 5.71. The topological polar surface area (TPSA) is 118 Å². The van der Waals surface area contributed by atoms with E-state index in [1.54, 1.807) is 6.92 Å². The molecule has 1 saturated heterocycles. The Morgan fingerprint density at radius 3 is 2.55 bits per heavy atom. The summed E-state index contributed by atoms with van der Waals surface area (Å²) in [6, 6.07) is 3.00. The fourth-order valence-corrected chi connectivity index (χ4v) is 2.04. The second kappa shape index (κ2) is 4.72. The Kier molecular flexibility index (Phi) is 3.23. The highest BCUT2D eigenvalue weighted by molar-refractivity contribution is 6.22. The maximum absolute atomic E-state index is 11.9. The van der Waals surface area contributed by atoms with Gasteiger partial charge in [-0.05, 0) is 6.07 Å². The number of carboxylic acids is 1. The van der Waals surface area contributed by atoms with Crippen LogP contribution in [0.1, 0.15) is 23.7 Å². The van der Waals surface area contributed by atoms with Crippen molar-refractivity contribution in [1.82, 2.24) is 0 Å². The smallest absolute Gasteiger partial charge is 0.338 e. The van der Waals surface area contributed by atoms with E-state index in [2.05, 4.69) is 0 Å². The van der Waals surface area contributed by atoms with Crippen molar-refractivity contribution < 1.29 is 24.4 Å². The summed E-state index contributed by atoms with van der Waals surface area (Å²) in [5.41, 5.74) is -1.00. The molecule has 1 unspecified atom stereocenters. The minimum atomic E-state index is -1.44. The van der Waals surface area contributed by atoms with Gasteiger partial charge in [0.15, 0.2) is 0 Å². The highest BCUT2D eigenvalue weighted by atomic mass is 16.6. The molecular formula is C12H10N2O6. The molecule has 1 heterocycles. The van der Waals surface area contributed by atoms with Gasteiger partial charge in [-0.3, -0.25) is 19.7 Å². The number of hydrogen-bond donors (Lipinski definition) is 1. The summed E-state index contributed by atoms with van der Waals surface area (Å²) in [6.45, 7) is 1.56. The molecule has 1 N–H and O–H groups in total. The van der Waals surface area contributed by atoms with E-state index >= 15 is 0 Å². The number of carboxylic acid groups (broad SMARTS) is 1. The molecule has 1 fully saturated rings. The van der Waals surface area contributed by atoms with E-state index in [4.69, 9.17) is 5.11 Å². The van der Waals surface area contributed by atoms with Gasteiger partial charge in [-0.2, -0.15) is 0 Å². The summed E-state index contributed by atoms with van der Waals surface area (Å²) in [5.74, 6) is -2.99. The molecule has 0 bridgehead atoms. The van der Waals surface area contributed by atoms with Crippen molar-refractivity contribution in [3.05, 3.63) is 33.9 Å². The third-order valence-electron chi connectivity index (χ3n) is 3.03. The molecule has 2 amide bonds. The predicted molar refractivity (Wildman–Crippen MR) is 66.3 cm³/mol. The van der Waals surface area contributed by atoms with E-state index in [9.17, 15) is 24.5 Å². The summed E-state index contributed by atoms with van der Waals surface area (Å²) in [4.78, 5) is 45.5. The Balaban J connectivity index is 2.57. The highest BCUT2D eigenvalue weighted by Gasteiger charge is 2.38. The van der Waals surface area contributed by atoms with E-state index in [1.807, 2.05) is 0 Å². The number of rotatable bonds is 3. The second-order valence-electron chi connectivity index (χ2n) is 4.44. The number of nitro benzene ring substituents is 1. The van der Waals surface area contributed by atoms with Crippen LogP contribution < -0.4 is 4.90 Å². The number of imide groups is 1. The van der Waals surface area contributed by atoms with Crippen molar-refractivity contribution in [2.45, 2.75) is 13.3 Å². The first-order valence-electron chi connectivity index (χ1n) is 5.71. The number of hydrogen-bond acceptors (Lipinski definition) is 5. The molecule has 1 aliphatic heterocycles. The Morgan fingerprint density at radius 1 is 1.45 bits per heavy atom. The SMILES string of the molecule is CC1CC(=O)N(c2ccc([N+](=O)[O-])cc2C(=O)O)C1=O. The number of carbonyl (C=O) groups is 3. The number of nitrogens with zero attached hydrogens (tertiary/aromatic N) is 2. The summed E-state index contributed by atoms with van der Waals surface area (Å²) in [7, 11) is 0. The lowest BCUT2D eigenvalue weighted by Crippen LogP contribution is -2.31. The molecule has 0 radical (unpaired) electrons. The van der Waals surface area contributed by atoms with Crippen LogP contribution >= 0.6 is 0 Å². The first-order chi connectivity index (χ1) is 9.32. The molecule has 2 rings (SSSR count). The monoisotopic (exact) mass is 278 g/mol. The van der Waals surface area contributed by atoms with Crippen LogP contribution in [-0.2, 0) is 9.59 Å². The molecule has 0 aliphatic carbocycles. The molecule has 104 valence electrons. The summed E-state index contributed by atoms with van der Waals surface area (Å²) >= 11 is 0. The van der Waals surface area contributed by atoms with Gasteiger partial charge >= 0.3 is 5.97 Å². The molecule has 0 saturated carbocycles. The van der Waals surface area contributed by atoms with Gasteiger partial charge in [-0.15, -0.1) is 0 Å². The number of nitro groups is 1. The van der Waals surface area contributed by atoms with Crippen LogP contribution in [0.4, 0.5) is 11.4 Å². The van der Waals surface area contributed by atoms with E-state index in [1.165, 1.54) is 0 Å². The van der Waals surface area contributed by atoms with E-state index < -0.39 is 39.9 Å². The standard InChI is InChI=1S/C12H10N2O6/c1-6-4-10(15)13(11(6)16)9-3-2-7(14(19)20)5-8(9)12(17)18/h2-3,5-6H,4H2,1H3,(H,17,18). The van der Waals surface area contributed by atoms with Crippen molar-refractivity contribution in [2.24, 2.45) is 5.92 Å². The maximum atomic E-state index is 11.9. The molecule has 20 heavy (non-hydrogen) atoms. The van der Waals surface area contributed by atoms with Gasteiger partial charge in [0.2, 0.25) is 11.8 Å². The van der Waals surface area contributed by atoms with Crippen LogP contribution in [0.25, 0.3) is 0 Å². The largest absolute Gasteiger partial charge is 0.478 e. The number of aromatic carboxylic acids is 1. The van der Waals surface area contributed by atoms with Crippen LogP contribution in [0.2, 0.25) is 0 Å². The number of anilines is 1. The van der Waals surface area contributed by atoms with Crippen LogP contribution in [0.5, 0.6) is 0 Å². The number of carbonyl (C=O) groups excluding carboxylic acids is 2. The maximum Gasteiger partial charge on any atom is 0.338 e. The lowest BCUT2D eigenvalue weighted by atomic mass is 10.1. The molecule has 1 aliphatic rings. The average Bonchev–Trinajstić information content (AvgIpc) is 2.62. The molecule has 8 heteroatoms. The van der Waals surface area contributed by atoms with Gasteiger partial charge in [0, 0.05) is 24.5 Å². The van der Waals surface area contributed by atoms with Crippen molar-refractivity contribution in [2.75, 3.05) is 4.90 Å². The predicted octanol–water partition coefficient (Wildman–Crippen LogP) is 1.19. The lowest BCUT2D eigenvalue weighted by molar-refractivity contribution is -0.384. The van der Waals surface area contributed by atoms with Crippen molar-refractivity contribution >= 4 is 29.2 Å². The number of benzene rings is 1. The van der Waals surface area contributed by atoms with Crippen LogP contribution in [0.3, 0.4) is 0 Å². The van der Waals surface area contributed by atoms with Crippen LogP contribution in [0.15, 0.2) is 18.2 Å². The third kappa shape index (κ3) is 2.11. The fraction of sp³-hybridized carbons (Fsp3) is 0.250. The second-order valence-corrected chi connectivity index (χ2v) is 4.44. The average molecular weight is 278 g/mol. The number of amides is 2. The first kappa shape index (κ1) is 13.7. The summed E-state index contributed by atoms with van der Waals surface area (Å²) in [6.07, 6.45) is -0.00508. The van der Waals surface area contributed by atoms with Crippen molar-refractivity contribution in [3.63, 3.8) is 0 Å². The molecule has 8 nitrogen and oxygen atoms in total. The fourth-order valence-electron chi connectivity index (χ4n) is 2.04. The molecule has 1 atom stereocenters. The Labute approximate surface area is 112 Å². The van der Waals surface area contributed by atoms with Crippen molar-refractivity contribution in [1.29, 1.82) is 0 Å². The van der Waals surface area contributed by atoms with Gasteiger partial charge in [0.25, 0.3) is 5.69 Å². The quantitative estimate of drug-likeness (QED) is 0.504. The minimum absolute atomic E-state index is 0.00508.